The summed E-state index contributed by atoms with van der Waals surface area (Å²) < 4.78 is 11.0. The van der Waals surface area contributed by atoms with Crippen molar-refractivity contribution in [3.05, 3.63) is 0 Å². The van der Waals surface area contributed by atoms with Crippen LogP contribution in [0.5, 0.6) is 0 Å². The summed E-state index contributed by atoms with van der Waals surface area (Å²) >= 11 is 5.65. The summed E-state index contributed by atoms with van der Waals surface area (Å²) in [5, 5.41) is 0. The lowest BCUT2D eigenvalue weighted by Gasteiger charge is -2.26. The Labute approximate surface area is 75.1 Å². The molecular formula is C7H17ClO2Si. The summed E-state index contributed by atoms with van der Waals surface area (Å²) in [5.41, 5.74) is 0. The van der Waals surface area contributed by atoms with Gasteiger partial charge in [-0.25, -0.2) is 0 Å². The molecule has 1 atom stereocenters. The molecule has 2 nitrogen and oxygen atoms in total. The van der Waals surface area contributed by atoms with Gasteiger partial charge in [-0.1, -0.05) is 6.92 Å². The fourth-order valence-electron chi connectivity index (χ4n) is 1.06. The molecule has 1 unspecified atom stereocenters. The standard InChI is InChI=1S/C7H17ClO2Si/c1-4-10-11(5-2,9-3)7-6-8/h4-7H2,1-3H3. The van der Waals surface area contributed by atoms with Crippen LogP contribution < -0.4 is 0 Å². The first-order chi connectivity index (χ1) is 5.24. The predicted octanol–water partition coefficient (Wildman–Crippen LogP) is 2.37. The second-order valence-corrected chi connectivity index (χ2v) is 6.44. The maximum atomic E-state index is 5.65. The normalized spacial score (nSPS) is 16.4. The monoisotopic (exact) mass is 196 g/mol. The van der Waals surface area contributed by atoms with Gasteiger partial charge in [-0.05, 0) is 13.0 Å². The fraction of sp³-hybridized carbons (Fsp3) is 1.00. The van der Waals surface area contributed by atoms with Crippen LogP contribution in [0.15, 0.2) is 0 Å². The van der Waals surface area contributed by atoms with Crippen LogP contribution in [0.2, 0.25) is 12.1 Å². The van der Waals surface area contributed by atoms with Crippen molar-refractivity contribution in [2.24, 2.45) is 0 Å². The largest absolute Gasteiger partial charge is 0.398 e. The Kier molecular flexibility index (Phi) is 6.23. The van der Waals surface area contributed by atoms with Crippen molar-refractivity contribution in [2.45, 2.75) is 25.9 Å². The van der Waals surface area contributed by atoms with E-state index in [0.717, 1.165) is 18.7 Å². The zero-order valence-corrected chi connectivity index (χ0v) is 9.28. The van der Waals surface area contributed by atoms with Gasteiger partial charge in [-0.15, -0.1) is 11.6 Å². The van der Waals surface area contributed by atoms with E-state index in [2.05, 4.69) is 6.92 Å². The molecule has 0 heterocycles. The third kappa shape index (κ3) is 3.56. The first-order valence-corrected chi connectivity index (χ1v) is 6.76. The van der Waals surface area contributed by atoms with Gasteiger partial charge < -0.3 is 8.85 Å². The minimum atomic E-state index is -1.88. The van der Waals surface area contributed by atoms with Gasteiger partial charge in [0, 0.05) is 25.6 Å². The van der Waals surface area contributed by atoms with Gasteiger partial charge in [0.15, 0.2) is 0 Å². The predicted molar refractivity (Wildman–Crippen MR) is 50.4 cm³/mol. The van der Waals surface area contributed by atoms with E-state index in [1.807, 2.05) is 6.92 Å². The van der Waals surface area contributed by atoms with Crippen LogP contribution in [-0.2, 0) is 8.85 Å². The van der Waals surface area contributed by atoms with E-state index in [1.54, 1.807) is 7.11 Å². The molecule has 4 heteroatoms. The lowest BCUT2D eigenvalue weighted by molar-refractivity contribution is 0.211. The zero-order chi connectivity index (χ0) is 8.74. The molecule has 0 aliphatic carbocycles. The SMILES string of the molecule is CCO[Si](CC)(CCCl)OC. The lowest BCUT2D eigenvalue weighted by Crippen LogP contribution is -2.40. The van der Waals surface area contributed by atoms with E-state index in [0.29, 0.717) is 5.88 Å². The van der Waals surface area contributed by atoms with Crippen LogP contribution in [0.1, 0.15) is 13.8 Å². The maximum absolute atomic E-state index is 5.65. The molecule has 0 aliphatic rings. The van der Waals surface area contributed by atoms with Crippen molar-refractivity contribution in [2.75, 3.05) is 19.6 Å². The third-order valence-corrected chi connectivity index (χ3v) is 5.95. The highest BCUT2D eigenvalue weighted by atomic mass is 35.5. The number of hydrogen-bond acceptors (Lipinski definition) is 2. The van der Waals surface area contributed by atoms with Crippen molar-refractivity contribution in [1.82, 2.24) is 0 Å². The molecule has 0 saturated heterocycles. The number of rotatable bonds is 6. The fourth-order valence-corrected chi connectivity index (χ4v) is 4.05. The molecule has 0 aromatic carbocycles. The van der Waals surface area contributed by atoms with Gasteiger partial charge in [0.25, 0.3) is 0 Å². The van der Waals surface area contributed by atoms with Crippen molar-refractivity contribution in [1.29, 1.82) is 0 Å². The van der Waals surface area contributed by atoms with Gasteiger partial charge in [0.05, 0.1) is 0 Å². The Morgan fingerprint density at radius 2 is 2.00 bits per heavy atom. The Hall–Kier alpha value is 0.427. The smallest absolute Gasteiger partial charge is 0.338 e. The second-order valence-electron chi connectivity index (χ2n) is 2.34. The molecule has 0 aromatic rings. The highest BCUT2D eigenvalue weighted by Gasteiger charge is 2.32. The molecule has 0 bridgehead atoms. The Bertz CT molecular complexity index is 88.4. The molecule has 0 aromatic heterocycles. The highest BCUT2D eigenvalue weighted by molar-refractivity contribution is 6.68. The summed E-state index contributed by atoms with van der Waals surface area (Å²) in [7, 11) is -0.155. The Balaban J connectivity index is 3.96. The topological polar surface area (TPSA) is 18.5 Å². The molecule has 68 valence electrons. The minimum absolute atomic E-state index is 0.633. The first kappa shape index (κ1) is 11.4. The van der Waals surface area contributed by atoms with E-state index in [-0.39, 0.29) is 0 Å². The van der Waals surface area contributed by atoms with E-state index in [9.17, 15) is 0 Å². The molecule has 0 fully saturated rings. The summed E-state index contributed by atoms with van der Waals surface area (Å²) in [6.07, 6.45) is 0. The summed E-state index contributed by atoms with van der Waals surface area (Å²) in [6, 6.07) is 1.86. The average Bonchev–Trinajstić information content (AvgIpc) is 2.04. The maximum Gasteiger partial charge on any atom is 0.338 e. The van der Waals surface area contributed by atoms with Crippen molar-refractivity contribution >= 4 is 20.2 Å². The van der Waals surface area contributed by atoms with E-state index in [1.165, 1.54) is 0 Å². The molecule has 11 heavy (non-hydrogen) atoms. The van der Waals surface area contributed by atoms with Gasteiger partial charge in [0.2, 0.25) is 0 Å². The number of alkyl halides is 1. The molecular weight excluding hydrogens is 180 g/mol. The van der Waals surface area contributed by atoms with Crippen LogP contribution in [0, 0.1) is 0 Å². The number of halogens is 1. The quantitative estimate of drug-likeness (QED) is 0.480. The van der Waals surface area contributed by atoms with Crippen molar-refractivity contribution < 1.29 is 8.85 Å². The van der Waals surface area contributed by atoms with E-state index < -0.39 is 8.56 Å². The third-order valence-electron chi connectivity index (χ3n) is 1.79. The lowest BCUT2D eigenvalue weighted by atomic mass is 10.9. The number of hydrogen-bond donors (Lipinski definition) is 0. The molecule has 0 rings (SSSR count). The molecule has 0 N–H and O–H groups in total. The van der Waals surface area contributed by atoms with Crippen LogP contribution in [0.4, 0.5) is 0 Å². The van der Waals surface area contributed by atoms with Gasteiger partial charge in [0.1, 0.15) is 0 Å². The van der Waals surface area contributed by atoms with Crippen molar-refractivity contribution in [3.8, 4) is 0 Å². The highest BCUT2D eigenvalue weighted by Crippen LogP contribution is 2.18. The molecule has 0 saturated carbocycles. The van der Waals surface area contributed by atoms with E-state index >= 15 is 0 Å². The zero-order valence-electron chi connectivity index (χ0n) is 7.52. The Morgan fingerprint density at radius 3 is 2.27 bits per heavy atom. The Morgan fingerprint density at radius 1 is 1.36 bits per heavy atom. The summed E-state index contributed by atoms with van der Waals surface area (Å²) in [6.45, 7) is 4.81. The molecule has 0 aliphatic heterocycles. The van der Waals surface area contributed by atoms with Gasteiger partial charge >= 0.3 is 8.56 Å². The summed E-state index contributed by atoms with van der Waals surface area (Å²) in [5.74, 6) is 0.633. The first-order valence-electron chi connectivity index (χ1n) is 3.99. The van der Waals surface area contributed by atoms with Crippen molar-refractivity contribution in [3.63, 3.8) is 0 Å². The van der Waals surface area contributed by atoms with Crippen LogP contribution in [-0.4, -0.2) is 28.2 Å². The molecule has 0 amide bonds. The second kappa shape index (κ2) is 6.00. The van der Waals surface area contributed by atoms with Crippen LogP contribution in [0.3, 0.4) is 0 Å². The molecule has 0 spiro atoms. The van der Waals surface area contributed by atoms with Gasteiger partial charge in [-0.3, -0.25) is 0 Å². The summed E-state index contributed by atoms with van der Waals surface area (Å²) in [4.78, 5) is 0. The molecule has 0 radical (unpaired) electrons. The van der Waals surface area contributed by atoms with Crippen LogP contribution in [0.25, 0.3) is 0 Å². The minimum Gasteiger partial charge on any atom is -0.398 e. The van der Waals surface area contributed by atoms with E-state index in [4.69, 9.17) is 20.5 Å². The van der Waals surface area contributed by atoms with Gasteiger partial charge in [-0.2, -0.15) is 0 Å². The average molecular weight is 197 g/mol. The van der Waals surface area contributed by atoms with Crippen LogP contribution >= 0.6 is 11.6 Å².